The first-order valence-electron chi connectivity index (χ1n) is 21.2. The highest BCUT2D eigenvalue weighted by molar-refractivity contribution is 6.95. The number of fused-ring (bicyclic) bond motifs is 4. The number of para-hydroxylation sites is 3. The zero-order chi connectivity index (χ0) is 40.4. The van der Waals surface area contributed by atoms with Crippen molar-refractivity contribution in [2.24, 2.45) is 0 Å². The molecule has 1 atom stereocenters. The molecule has 8 aromatic carbocycles. The quantitative estimate of drug-likeness (QED) is 0.156. The van der Waals surface area contributed by atoms with Crippen LogP contribution in [0.3, 0.4) is 0 Å². The molecular formula is C56H46BN3. The van der Waals surface area contributed by atoms with Crippen LogP contribution in [0, 0.1) is 0 Å². The van der Waals surface area contributed by atoms with Crippen LogP contribution in [-0.2, 0) is 5.41 Å². The van der Waals surface area contributed by atoms with Crippen LogP contribution in [-0.4, -0.2) is 12.8 Å². The Kier molecular flexibility index (Phi) is 8.63. The van der Waals surface area contributed by atoms with E-state index in [1.807, 2.05) is 0 Å². The fraction of sp³-hybridized carbons (Fsp3) is 0.107. The summed E-state index contributed by atoms with van der Waals surface area (Å²) in [5.41, 5.74) is 17.7. The Hall–Kier alpha value is -7.04. The van der Waals surface area contributed by atoms with Gasteiger partial charge in [-0.15, -0.1) is 0 Å². The zero-order valence-corrected chi connectivity index (χ0v) is 34.3. The van der Waals surface area contributed by atoms with E-state index in [-0.39, 0.29) is 18.2 Å². The molecule has 3 aliphatic rings. The number of hydrogen-bond acceptors (Lipinski definition) is 3. The SMILES string of the molecule is CC(C)(C)c1ccc(-c2ccc3c(c2)N(c2ccccc2)c2cccc4c2B3C2=C(CC(N(c3ccccc3)c3cccc5ccccc35)C=C2)N4c2ccccc2)cc1. The van der Waals surface area contributed by atoms with Crippen molar-refractivity contribution in [1.82, 2.24) is 0 Å². The van der Waals surface area contributed by atoms with Gasteiger partial charge in [-0.3, -0.25) is 0 Å². The van der Waals surface area contributed by atoms with Crippen molar-refractivity contribution >= 4 is 68.2 Å². The Balaban J connectivity index is 1.11. The summed E-state index contributed by atoms with van der Waals surface area (Å²) in [5.74, 6) is 0. The van der Waals surface area contributed by atoms with Crippen molar-refractivity contribution < 1.29 is 0 Å². The van der Waals surface area contributed by atoms with Gasteiger partial charge in [0, 0.05) is 57.3 Å². The molecule has 1 unspecified atom stereocenters. The van der Waals surface area contributed by atoms with Crippen LogP contribution >= 0.6 is 0 Å². The molecule has 0 aromatic heterocycles. The molecule has 0 amide bonds. The first-order chi connectivity index (χ1) is 29.4. The van der Waals surface area contributed by atoms with Crippen LogP contribution in [0.2, 0.25) is 0 Å². The molecular weight excluding hydrogens is 725 g/mol. The molecule has 0 N–H and O–H groups in total. The van der Waals surface area contributed by atoms with E-state index in [4.69, 9.17) is 0 Å². The summed E-state index contributed by atoms with van der Waals surface area (Å²) in [6.07, 6.45) is 5.76. The van der Waals surface area contributed by atoms with Gasteiger partial charge in [0.1, 0.15) is 0 Å². The fourth-order valence-corrected chi connectivity index (χ4v) is 9.90. The summed E-state index contributed by atoms with van der Waals surface area (Å²) in [6, 6.07) is 71.6. The smallest absolute Gasteiger partial charge is 0.251 e. The third kappa shape index (κ3) is 5.97. The van der Waals surface area contributed by atoms with Crippen molar-refractivity contribution in [2.75, 3.05) is 14.7 Å². The van der Waals surface area contributed by atoms with Crippen LogP contribution in [0.25, 0.3) is 21.9 Å². The maximum absolute atomic E-state index is 2.56. The molecule has 1 aliphatic carbocycles. The molecule has 4 heteroatoms. The van der Waals surface area contributed by atoms with E-state index in [9.17, 15) is 0 Å². The van der Waals surface area contributed by atoms with Crippen molar-refractivity contribution in [3.63, 3.8) is 0 Å². The van der Waals surface area contributed by atoms with E-state index >= 15 is 0 Å². The summed E-state index contributed by atoms with van der Waals surface area (Å²) >= 11 is 0. The Morgan fingerprint density at radius 1 is 0.550 bits per heavy atom. The molecule has 288 valence electrons. The lowest BCUT2D eigenvalue weighted by Gasteiger charge is -2.47. The molecule has 0 fully saturated rings. The predicted molar refractivity (Wildman–Crippen MR) is 256 cm³/mol. The Morgan fingerprint density at radius 3 is 1.87 bits per heavy atom. The summed E-state index contributed by atoms with van der Waals surface area (Å²) in [7, 11) is 0. The van der Waals surface area contributed by atoms with Crippen molar-refractivity contribution in [3.8, 4) is 11.1 Å². The second kappa shape index (κ2) is 14.4. The molecule has 0 saturated carbocycles. The average Bonchev–Trinajstić information content (AvgIpc) is 3.29. The van der Waals surface area contributed by atoms with Crippen molar-refractivity contribution in [3.05, 3.63) is 223 Å². The first-order valence-corrected chi connectivity index (χ1v) is 21.2. The highest BCUT2D eigenvalue weighted by atomic mass is 15.2. The molecule has 0 spiro atoms. The molecule has 2 heterocycles. The van der Waals surface area contributed by atoms with Crippen LogP contribution < -0.4 is 25.6 Å². The van der Waals surface area contributed by atoms with Gasteiger partial charge in [0.15, 0.2) is 0 Å². The standard InChI is InChI=1S/C56H46BN3/c1-56(2,3)42-32-29-39(30-33-42)41-31-35-48-53(37-41)59(44-21-9-5-10-22-44)51-27-16-28-52-55(51)57(48)49-36-34-46(38-54(49)60(52)45-23-11-6-12-24-45)58(43-19-7-4-8-20-43)50-26-15-18-40-17-13-14-25-47(40)50/h4-37,46H,38H2,1-3H3. The summed E-state index contributed by atoms with van der Waals surface area (Å²) in [4.78, 5) is 7.62. The predicted octanol–water partition coefficient (Wildman–Crippen LogP) is 13.3. The summed E-state index contributed by atoms with van der Waals surface area (Å²) < 4.78 is 0. The number of hydrogen-bond donors (Lipinski definition) is 0. The molecule has 0 bridgehead atoms. The lowest BCUT2D eigenvalue weighted by molar-refractivity contribution is 0.590. The summed E-state index contributed by atoms with van der Waals surface area (Å²) in [5, 5.41) is 2.49. The average molecular weight is 772 g/mol. The molecule has 11 rings (SSSR count). The fourth-order valence-electron chi connectivity index (χ4n) is 9.90. The van der Waals surface area contributed by atoms with Crippen LogP contribution in [0.15, 0.2) is 217 Å². The van der Waals surface area contributed by atoms with Gasteiger partial charge in [-0.25, -0.2) is 0 Å². The van der Waals surface area contributed by atoms with Gasteiger partial charge in [0.2, 0.25) is 0 Å². The largest absolute Gasteiger partial charge is 0.334 e. The van der Waals surface area contributed by atoms with Gasteiger partial charge in [-0.1, -0.05) is 166 Å². The first kappa shape index (κ1) is 36.1. The van der Waals surface area contributed by atoms with Crippen molar-refractivity contribution in [1.29, 1.82) is 0 Å². The number of benzene rings is 8. The molecule has 3 nitrogen and oxygen atoms in total. The minimum atomic E-state index is 0.0540. The molecule has 8 aromatic rings. The van der Waals surface area contributed by atoms with Gasteiger partial charge in [0.25, 0.3) is 6.71 Å². The third-order valence-electron chi connectivity index (χ3n) is 12.7. The van der Waals surface area contributed by atoms with Crippen LogP contribution in [0.1, 0.15) is 32.8 Å². The lowest BCUT2D eigenvalue weighted by Crippen LogP contribution is -2.56. The van der Waals surface area contributed by atoms with Gasteiger partial charge in [0.05, 0.1) is 6.04 Å². The number of rotatable bonds is 6. The molecule has 60 heavy (non-hydrogen) atoms. The van der Waals surface area contributed by atoms with E-state index in [1.165, 1.54) is 83.7 Å². The van der Waals surface area contributed by atoms with E-state index in [0.29, 0.717) is 0 Å². The monoisotopic (exact) mass is 771 g/mol. The highest BCUT2D eigenvalue weighted by Crippen LogP contribution is 2.48. The summed E-state index contributed by atoms with van der Waals surface area (Å²) in [6.45, 7) is 6.89. The highest BCUT2D eigenvalue weighted by Gasteiger charge is 2.45. The molecule has 0 saturated heterocycles. The number of allylic oxidation sites excluding steroid dienone is 2. The van der Waals surface area contributed by atoms with Crippen LogP contribution in [0.5, 0.6) is 0 Å². The molecule has 0 radical (unpaired) electrons. The van der Waals surface area contributed by atoms with Gasteiger partial charge < -0.3 is 14.7 Å². The Bertz CT molecular complexity index is 2940. The second-order valence-corrected chi connectivity index (χ2v) is 17.3. The minimum Gasteiger partial charge on any atom is -0.334 e. The zero-order valence-electron chi connectivity index (χ0n) is 34.3. The number of nitrogens with zero attached hydrogens (tertiary/aromatic N) is 3. The van der Waals surface area contributed by atoms with Gasteiger partial charge in [-0.05, 0) is 105 Å². The van der Waals surface area contributed by atoms with E-state index in [2.05, 4.69) is 242 Å². The Labute approximate surface area is 354 Å². The maximum Gasteiger partial charge on any atom is 0.251 e. The van der Waals surface area contributed by atoms with Crippen molar-refractivity contribution in [2.45, 2.75) is 38.6 Å². The normalized spacial score (nSPS) is 15.4. The van der Waals surface area contributed by atoms with Gasteiger partial charge >= 0.3 is 0 Å². The molecule has 2 aliphatic heterocycles. The maximum atomic E-state index is 2.56. The van der Waals surface area contributed by atoms with E-state index in [0.717, 1.165) is 12.1 Å². The van der Waals surface area contributed by atoms with E-state index < -0.39 is 0 Å². The van der Waals surface area contributed by atoms with Crippen LogP contribution in [0.4, 0.5) is 39.8 Å². The minimum absolute atomic E-state index is 0.0540. The Morgan fingerprint density at radius 2 is 1.15 bits per heavy atom. The number of anilines is 7. The third-order valence-corrected chi connectivity index (χ3v) is 12.7. The van der Waals surface area contributed by atoms with E-state index in [1.54, 1.807) is 0 Å². The second-order valence-electron chi connectivity index (χ2n) is 17.3. The van der Waals surface area contributed by atoms with Gasteiger partial charge in [-0.2, -0.15) is 0 Å². The lowest BCUT2D eigenvalue weighted by atomic mass is 9.32. The topological polar surface area (TPSA) is 9.72 Å².